The molecule has 2 rings (SSSR count). The van der Waals surface area contributed by atoms with Gasteiger partial charge in [0.1, 0.15) is 5.75 Å². The monoisotopic (exact) mass is 298 g/mol. The zero-order chi connectivity index (χ0) is 15.9. The summed E-state index contributed by atoms with van der Waals surface area (Å²) in [6.45, 7) is 4.05. The number of para-hydroxylation sites is 1. The van der Waals surface area contributed by atoms with Crippen molar-refractivity contribution >= 4 is 17.3 Å². The molecule has 0 aromatic heterocycles. The summed E-state index contributed by atoms with van der Waals surface area (Å²) in [5.74, 6) is 0.298. The zero-order valence-electron chi connectivity index (χ0n) is 12.5. The third kappa shape index (κ3) is 3.63. The Bertz CT molecular complexity index is 696. The first-order valence-corrected chi connectivity index (χ1v) is 6.98. The Labute approximate surface area is 129 Å². The van der Waals surface area contributed by atoms with Crippen molar-refractivity contribution < 1.29 is 14.7 Å². The molecule has 0 atom stereocenters. The second-order valence-corrected chi connectivity index (χ2v) is 4.65. The van der Waals surface area contributed by atoms with Crippen LogP contribution in [0.2, 0.25) is 0 Å². The van der Waals surface area contributed by atoms with Crippen LogP contribution in [0.5, 0.6) is 5.75 Å². The summed E-state index contributed by atoms with van der Waals surface area (Å²) < 4.78 is 5.46. The lowest BCUT2D eigenvalue weighted by atomic mass is 10.1. The van der Waals surface area contributed by atoms with E-state index >= 15 is 0 Å². The van der Waals surface area contributed by atoms with Crippen LogP contribution in [0.4, 0.5) is 5.69 Å². The predicted octanol–water partition coefficient (Wildman–Crippen LogP) is 3.54. The number of carbonyl (C=O) groups excluding carboxylic acids is 1. The third-order valence-electron chi connectivity index (χ3n) is 3.12. The zero-order valence-corrected chi connectivity index (χ0v) is 12.5. The van der Waals surface area contributed by atoms with Crippen molar-refractivity contribution in [3.63, 3.8) is 0 Å². The van der Waals surface area contributed by atoms with Crippen LogP contribution in [0, 0.1) is 0 Å². The molecule has 2 N–H and O–H groups in total. The number of rotatable bonds is 5. The number of carbonyl (C=O) groups is 1. The summed E-state index contributed by atoms with van der Waals surface area (Å²) in [6.07, 6.45) is 0. The molecule has 1 amide bonds. The average molecular weight is 298 g/mol. The van der Waals surface area contributed by atoms with E-state index in [-0.39, 0.29) is 5.91 Å². The highest BCUT2D eigenvalue weighted by Crippen LogP contribution is 2.20. The standard InChI is InChI=1S/C17H18N2O3/c1-3-22-16-10-5-4-9-15(16)17(20)18-14-8-6-7-13(11-14)12(2)19-21/h4-11,21H,3H2,1-2H3,(H,18,20)/b19-12+. The van der Waals surface area contributed by atoms with Gasteiger partial charge in [0.05, 0.1) is 17.9 Å². The van der Waals surface area contributed by atoms with Gasteiger partial charge in [-0.15, -0.1) is 0 Å². The Morgan fingerprint density at radius 3 is 2.73 bits per heavy atom. The maximum Gasteiger partial charge on any atom is 0.259 e. The lowest BCUT2D eigenvalue weighted by Gasteiger charge is -2.11. The Balaban J connectivity index is 2.22. The van der Waals surface area contributed by atoms with Gasteiger partial charge in [-0.1, -0.05) is 29.4 Å². The van der Waals surface area contributed by atoms with Crippen molar-refractivity contribution in [3.8, 4) is 5.75 Å². The lowest BCUT2D eigenvalue weighted by molar-refractivity contribution is 0.102. The fourth-order valence-electron chi connectivity index (χ4n) is 2.01. The molecule has 0 aliphatic carbocycles. The van der Waals surface area contributed by atoms with Gasteiger partial charge >= 0.3 is 0 Å². The van der Waals surface area contributed by atoms with Crippen LogP contribution in [0.1, 0.15) is 29.8 Å². The Morgan fingerprint density at radius 1 is 1.23 bits per heavy atom. The lowest BCUT2D eigenvalue weighted by Crippen LogP contribution is -2.14. The van der Waals surface area contributed by atoms with E-state index < -0.39 is 0 Å². The highest BCUT2D eigenvalue weighted by atomic mass is 16.5. The highest BCUT2D eigenvalue weighted by molar-refractivity contribution is 6.07. The van der Waals surface area contributed by atoms with Gasteiger partial charge in [0, 0.05) is 11.3 Å². The predicted molar refractivity (Wildman–Crippen MR) is 86.0 cm³/mol. The molecule has 0 radical (unpaired) electrons. The number of anilines is 1. The molecule has 114 valence electrons. The minimum atomic E-state index is -0.250. The number of ether oxygens (including phenoxy) is 1. The van der Waals surface area contributed by atoms with Gasteiger partial charge in [-0.05, 0) is 38.1 Å². The number of benzene rings is 2. The minimum absolute atomic E-state index is 0.250. The molecule has 2 aromatic rings. The Kier molecular flexibility index (Phi) is 5.14. The van der Waals surface area contributed by atoms with Gasteiger partial charge < -0.3 is 15.3 Å². The summed E-state index contributed by atoms with van der Waals surface area (Å²) in [5.41, 5.74) is 2.31. The van der Waals surface area contributed by atoms with E-state index in [1.165, 1.54) is 0 Å². The van der Waals surface area contributed by atoms with E-state index in [0.717, 1.165) is 5.56 Å². The summed E-state index contributed by atoms with van der Waals surface area (Å²) in [4.78, 5) is 12.4. The second-order valence-electron chi connectivity index (χ2n) is 4.65. The van der Waals surface area contributed by atoms with Gasteiger partial charge in [-0.2, -0.15) is 0 Å². The van der Waals surface area contributed by atoms with Crippen molar-refractivity contribution in [3.05, 3.63) is 59.7 Å². The molecule has 0 saturated carbocycles. The highest BCUT2D eigenvalue weighted by Gasteiger charge is 2.12. The quantitative estimate of drug-likeness (QED) is 0.504. The van der Waals surface area contributed by atoms with Crippen LogP contribution >= 0.6 is 0 Å². The Morgan fingerprint density at radius 2 is 2.00 bits per heavy atom. The molecule has 5 nitrogen and oxygen atoms in total. The first kappa shape index (κ1) is 15.6. The van der Waals surface area contributed by atoms with Crippen molar-refractivity contribution in [2.75, 3.05) is 11.9 Å². The largest absolute Gasteiger partial charge is 0.493 e. The SMILES string of the molecule is CCOc1ccccc1C(=O)Nc1cccc(/C(C)=N/O)c1. The van der Waals surface area contributed by atoms with Gasteiger partial charge in [0.2, 0.25) is 0 Å². The second kappa shape index (κ2) is 7.26. The summed E-state index contributed by atoms with van der Waals surface area (Å²) in [6, 6.07) is 14.2. The van der Waals surface area contributed by atoms with E-state index in [4.69, 9.17) is 9.94 Å². The molecule has 0 aliphatic heterocycles. The van der Waals surface area contributed by atoms with Crippen molar-refractivity contribution in [1.29, 1.82) is 0 Å². The van der Waals surface area contributed by atoms with Gasteiger partial charge in [0.15, 0.2) is 0 Å². The van der Waals surface area contributed by atoms with Crippen LogP contribution in [0.25, 0.3) is 0 Å². The molecule has 0 saturated heterocycles. The van der Waals surface area contributed by atoms with E-state index in [0.29, 0.717) is 29.3 Å². The van der Waals surface area contributed by atoms with Crippen LogP contribution in [0.15, 0.2) is 53.7 Å². The van der Waals surface area contributed by atoms with Crippen LogP contribution < -0.4 is 10.1 Å². The molecule has 0 unspecified atom stereocenters. The first-order chi connectivity index (χ1) is 10.7. The van der Waals surface area contributed by atoms with E-state index in [1.807, 2.05) is 13.0 Å². The van der Waals surface area contributed by atoms with E-state index in [9.17, 15) is 4.79 Å². The molecule has 0 aliphatic rings. The number of oxime groups is 1. The molecular formula is C17H18N2O3. The van der Waals surface area contributed by atoms with Crippen LogP contribution in [-0.4, -0.2) is 23.4 Å². The number of nitrogens with one attached hydrogen (secondary N) is 1. The van der Waals surface area contributed by atoms with E-state index in [1.54, 1.807) is 49.4 Å². The van der Waals surface area contributed by atoms with Crippen molar-refractivity contribution in [2.45, 2.75) is 13.8 Å². The minimum Gasteiger partial charge on any atom is -0.493 e. The fraction of sp³-hybridized carbons (Fsp3) is 0.176. The van der Waals surface area contributed by atoms with E-state index in [2.05, 4.69) is 10.5 Å². The van der Waals surface area contributed by atoms with Crippen molar-refractivity contribution in [1.82, 2.24) is 0 Å². The number of amides is 1. The first-order valence-electron chi connectivity index (χ1n) is 6.98. The summed E-state index contributed by atoms with van der Waals surface area (Å²) in [5, 5.41) is 14.8. The number of hydrogen-bond acceptors (Lipinski definition) is 4. The average Bonchev–Trinajstić information content (AvgIpc) is 2.55. The van der Waals surface area contributed by atoms with Crippen LogP contribution in [-0.2, 0) is 0 Å². The van der Waals surface area contributed by atoms with Gasteiger partial charge in [-0.25, -0.2) is 0 Å². The molecule has 0 fully saturated rings. The smallest absolute Gasteiger partial charge is 0.259 e. The molecule has 0 bridgehead atoms. The molecule has 0 heterocycles. The molecule has 5 heteroatoms. The van der Waals surface area contributed by atoms with Gasteiger partial charge in [0.25, 0.3) is 5.91 Å². The Hall–Kier alpha value is -2.82. The van der Waals surface area contributed by atoms with Crippen molar-refractivity contribution in [2.24, 2.45) is 5.16 Å². The normalized spacial score (nSPS) is 11.1. The summed E-state index contributed by atoms with van der Waals surface area (Å²) in [7, 11) is 0. The van der Waals surface area contributed by atoms with Gasteiger partial charge in [-0.3, -0.25) is 4.79 Å². The molecule has 0 spiro atoms. The molecule has 22 heavy (non-hydrogen) atoms. The maximum atomic E-state index is 12.4. The van der Waals surface area contributed by atoms with Crippen LogP contribution in [0.3, 0.4) is 0 Å². The number of nitrogens with zero attached hydrogens (tertiary/aromatic N) is 1. The number of hydrogen-bond donors (Lipinski definition) is 2. The fourth-order valence-corrected chi connectivity index (χ4v) is 2.01. The molecular weight excluding hydrogens is 280 g/mol. The third-order valence-corrected chi connectivity index (χ3v) is 3.12. The maximum absolute atomic E-state index is 12.4. The summed E-state index contributed by atoms with van der Waals surface area (Å²) >= 11 is 0. The topological polar surface area (TPSA) is 70.9 Å². The molecule has 2 aromatic carbocycles.